The van der Waals surface area contributed by atoms with Crippen LogP contribution >= 0.6 is 0 Å². The second-order valence-electron chi connectivity index (χ2n) is 10.00. The molecule has 1 aromatic heterocycles. The van der Waals surface area contributed by atoms with E-state index in [1.54, 1.807) is 0 Å². The zero-order valence-electron chi connectivity index (χ0n) is 21.2. The molecule has 0 radical (unpaired) electrons. The first-order valence-electron chi connectivity index (χ1n) is 12.3. The molecule has 0 amide bonds. The summed E-state index contributed by atoms with van der Waals surface area (Å²) in [5.74, 6) is 2.37. The van der Waals surface area contributed by atoms with Crippen LogP contribution in [0.5, 0.6) is 0 Å². The first kappa shape index (κ1) is 23.9. The van der Waals surface area contributed by atoms with Crippen molar-refractivity contribution in [3.05, 3.63) is 66.5 Å². The number of allylic oxidation sites excluding steroid dienone is 4. The van der Waals surface area contributed by atoms with Crippen molar-refractivity contribution in [2.75, 3.05) is 26.5 Å². The fraction of sp³-hybridized carbons (Fsp3) is 0.414. The molecule has 0 aliphatic heterocycles. The number of hydrogen-bond donors (Lipinski definition) is 1. The van der Waals surface area contributed by atoms with Gasteiger partial charge in [0.25, 0.3) is 0 Å². The fourth-order valence-corrected chi connectivity index (χ4v) is 5.35. The molecule has 4 rings (SSSR count). The van der Waals surface area contributed by atoms with Crippen LogP contribution in [0.1, 0.15) is 50.7 Å². The highest BCUT2D eigenvalue weighted by molar-refractivity contribution is 6.11. The largest absolute Gasteiger partial charge is 0.383 e. The number of hydrogen-bond acceptors (Lipinski definition) is 5. The SMILES string of the molecule is C=C/C(=C\N(C)C)c1cccc(-c2ncc(/C(C=NC)=C/CC)c(NC3CC4(C)CCC34)n2)c1. The number of rotatable bonds is 9. The average molecular weight is 456 g/mol. The van der Waals surface area contributed by atoms with Gasteiger partial charge in [0, 0.05) is 62.5 Å². The molecule has 1 N–H and O–H groups in total. The number of nitrogens with one attached hydrogen (secondary N) is 1. The Bertz CT molecular complexity index is 1140. The van der Waals surface area contributed by atoms with E-state index in [-0.39, 0.29) is 0 Å². The molecule has 0 bridgehead atoms. The van der Waals surface area contributed by atoms with Crippen LogP contribution < -0.4 is 5.32 Å². The van der Waals surface area contributed by atoms with Crippen molar-refractivity contribution in [1.29, 1.82) is 0 Å². The van der Waals surface area contributed by atoms with Gasteiger partial charge >= 0.3 is 0 Å². The summed E-state index contributed by atoms with van der Waals surface area (Å²) < 4.78 is 0. The van der Waals surface area contributed by atoms with E-state index in [1.165, 1.54) is 19.3 Å². The van der Waals surface area contributed by atoms with Crippen LogP contribution in [0.2, 0.25) is 0 Å². The molecule has 1 heterocycles. The minimum Gasteiger partial charge on any atom is -0.383 e. The molecule has 34 heavy (non-hydrogen) atoms. The van der Waals surface area contributed by atoms with Gasteiger partial charge in [-0.3, -0.25) is 4.99 Å². The van der Waals surface area contributed by atoms with Gasteiger partial charge in [0.1, 0.15) is 5.82 Å². The lowest BCUT2D eigenvalue weighted by Crippen LogP contribution is -2.59. The van der Waals surface area contributed by atoms with Crippen molar-refractivity contribution in [2.24, 2.45) is 16.3 Å². The Kier molecular flexibility index (Phi) is 7.01. The molecule has 2 aromatic rings. The van der Waals surface area contributed by atoms with E-state index in [0.717, 1.165) is 51.8 Å². The highest BCUT2D eigenvalue weighted by Crippen LogP contribution is 2.61. The number of aromatic nitrogens is 2. The van der Waals surface area contributed by atoms with Crippen LogP contribution in [-0.4, -0.2) is 48.3 Å². The lowest BCUT2D eigenvalue weighted by atomic mass is 9.46. The van der Waals surface area contributed by atoms with Crippen molar-refractivity contribution >= 4 is 23.2 Å². The second-order valence-corrected chi connectivity index (χ2v) is 10.00. The Labute approximate surface area is 204 Å². The Morgan fingerprint density at radius 1 is 1.32 bits per heavy atom. The minimum absolute atomic E-state index is 0.475. The van der Waals surface area contributed by atoms with E-state index in [2.05, 4.69) is 67.3 Å². The summed E-state index contributed by atoms with van der Waals surface area (Å²) in [4.78, 5) is 16.2. The van der Waals surface area contributed by atoms with Crippen LogP contribution in [0.15, 0.2) is 60.4 Å². The summed E-state index contributed by atoms with van der Waals surface area (Å²) in [5, 5.41) is 3.80. The van der Waals surface area contributed by atoms with Gasteiger partial charge in [0.15, 0.2) is 5.82 Å². The van der Waals surface area contributed by atoms with Crippen molar-refractivity contribution in [3.8, 4) is 11.4 Å². The third-order valence-electron chi connectivity index (χ3n) is 7.28. The molecule has 5 nitrogen and oxygen atoms in total. The van der Waals surface area contributed by atoms with E-state index in [1.807, 2.05) is 44.5 Å². The number of benzene rings is 1. The average Bonchev–Trinajstić information content (AvgIpc) is 2.82. The summed E-state index contributed by atoms with van der Waals surface area (Å²) in [5.41, 5.74) is 5.75. The molecular weight excluding hydrogens is 418 g/mol. The monoisotopic (exact) mass is 455 g/mol. The molecule has 3 atom stereocenters. The molecule has 178 valence electrons. The molecule has 0 saturated heterocycles. The molecule has 0 spiro atoms. The first-order valence-corrected chi connectivity index (χ1v) is 12.3. The van der Waals surface area contributed by atoms with Gasteiger partial charge < -0.3 is 10.2 Å². The Morgan fingerprint density at radius 2 is 2.15 bits per heavy atom. The lowest BCUT2D eigenvalue weighted by Gasteiger charge is -2.62. The highest BCUT2D eigenvalue weighted by Gasteiger charge is 2.56. The standard InChI is InChI=1S/C29H37N5/c1-7-10-23(17-30-4)24-18-31-27(33-28(24)32-26-16-29(3)14-13-25(26)29)22-12-9-11-21(15-22)20(8-2)19-34(5)6/h8-12,15,17-19,25-26H,2,7,13-14,16H2,1,3-6H3,(H,31,32,33)/b20-19+,23-10+,30-17?. The third kappa shape index (κ3) is 4.70. The number of aliphatic imine (C=N–C) groups is 1. The summed E-state index contributed by atoms with van der Waals surface area (Å²) >= 11 is 0. The van der Waals surface area contributed by atoms with Crippen molar-refractivity contribution < 1.29 is 0 Å². The first-order chi connectivity index (χ1) is 16.4. The number of fused-ring (bicyclic) bond motifs is 1. The van der Waals surface area contributed by atoms with Gasteiger partial charge in [0.2, 0.25) is 0 Å². The summed E-state index contributed by atoms with van der Waals surface area (Å²) in [6, 6.07) is 8.84. The Balaban J connectivity index is 1.73. The predicted octanol–water partition coefficient (Wildman–Crippen LogP) is 6.33. The fourth-order valence-electron chi connectivity index (χ4n) is 5.35. The van der Waals surface area contributed by atoms with Gasteiger partial charge in [-0.2, -0.15) is 0 Å². The smallest absolute Gasteiger partial charge is 0.161 e. The van der Waals surface area contributed by atoms with Crippen LogP contribution in [-0.2, 0) is 0 Å². The highest BCUT2D eigenvalue weighted by atomic mass is 15.1. The van der Waals surface area contributed by atoms with Crippen molar-refractivity contribution in [3.63, 3.8) is 0 Å². The van der Waals surface area contributed by atoms with Gasteiger partial charge in [-0.05, 0) is 54.2 Å². The minimum atomic E-state index is 0.475. The number of nitrogens with zero attached hydrogens (tertiary/aromatic N) is 4. The van der Waals surface area contributed by atoms with Gasteiger partial charge in [0.05, 0.1) is 0 Å². The molecule has 5 heteroatoms. The molecular formula is C29H37N5. The van der Waals surface area contributed by atoms with Crippen molar-refractivity contribution in [1.82, 2.24) is 14.9 Å². The molecule has 2 aliphatic rings. The maximum Gasteiger partial charge on any atom is 0.161 e. The maximum absolute atomic E-state index is 5.06. The topological polar surface area (TPSA) is 53.4 Å². The van der Waals surface area contributed by atoms with E-state index < -0.39 is 0 Å². The quantitative estimate of drug-likeness (QED) is 0.355. The van der Waals surface area contributed by atoms with E-state index in [4.69, 9.17) is 9.97 Å². The third-order valence-corrected chi connectivity index (χ3v) is 7.28. The van der Waals surface area contributed by atoms with Crippen LogP contribution in [0, 0.1) is 11.3 Å². The van der Waals surface area contributed by atoms with Crippen LogP contribution in [0.4, 0.5) is 5.82 Å². The van der Waals surface area contributed by atoms with E-state index in [9.17, 15) is 0 Å². The second kappa shape index (κ2) is 9.96. The van der Waals surface area contributed by atoms with Gasteiger partial charge in [-0.15, -0.1) is 0 Å². The van der Waals surface area contributed by atoms with E-state index in [0.29, 0.717) is 11.5 Å². The van der Waals surface area contributed by atoms with Gasteiger partial charge in [-0.25, -0.2) is 9.97 Å². The Morgan fingerprint density at radius 3 is 2.74 bits per heavy atom. The zero-order chi connectivity index (χ0) is 24.3. The normalized spacial score (nSPS) is 24.3. The lowest BCUT2D eigenvalue weighted by molar-refractivity contribution is -0.0698. The van der Waals surface area contributed by atoms with Crippen molar-refractivity contribution in [2.45, 2.75) is 45.6 Å². The Hall–Kier alpha value is -3.21. The molecule has 2 aliphatic carbocycles. The van der Waals surface area contributed by atoms with Gasteiger partial charge in [-0.1, -0.05) is 50.8 Å². The maximum atomic E-state index is 5.06. The molecule has 3 unspecified atom stereocenters. The summed E-state index contributed by atoms with van der Waals surface area (Å²) in [6.07, 6.45) is 14.8. The zero-order valence-corrected chi connectivity index (χ0v) is 21.2. The molecule has 2 saturated carbocycles. The summed E-state index contributed by atoms with van der Waals surface area (Å²) in [7, 11) is 5.84. The van der Waals surface area contributed by atoms with E-state index >= 15 is 0 Å². The van der Waals surface area contributed by atoms with Crippen LogP contribution in [0.25, 0.3) is 22.5 Å². The molecule has 1 aromatic carbocycles. The number of anilines is 1. The van der Waals surface area contributed by atoms with Crippen LogP contribution in [0.3, 0.4) is 0 Å². The summed E-state index contributed by atoms with van der Waals surface area (Å²) in [6.45, 7) is 8.55. The predicted molar refractivity (Wildman–Crippen MR) is 145 cm³/mol. The molecule has 2 fully saturated rings.